The van der Waals surface area contributed by atoms with Crippen molar-refractivity contribution in [2.75, 3.05) is 11.5 Å². The first kappa shape index (κ1) is 14.0. The second-order valence-corrected chi connectivity index (χ2v) is 7.25. The van der Waals surface area contributed by atoms with Crippen molar-refractivity contribution < 1.29 is 8.42 Å². The van der Waals surface area contributed by atoms with Gasteiger partial charge >= 0.3 is 0 Å². The van der Waals surface area contributed by atoms with Crippen LogP contribution in [0.2, 0.25) is 0 Å². The first-order valence-electron chi connectivity index (χ1n) is 6.50. The Morgan fingerprint density at radius 2 is 2.12 bits per heavy atom. The van der Waals surface area contributed by atoms with E-state index in [1.54, 1.807) is 0 Å². The lowest BCUT2D eigenvalue weighted by molar-refractivity contribution is 0.406. The van der Waals surface area contributed by atoms with Gasteiger partial charge in [-0.05, 0) is 26.2 Å². The summed E-state index contributed by atoms with van der Waals surface area (Å²) in [5.74, 6) is 0.723. The molecule has 0 aromatic carbocycles. The maximum Gasteiger partial charge on any atom is 0.151 e. The van der Waals surface area contributed by atoms with E-state index in [1.807, 2.05) is 0 Å². The highest BCUT2D eigenvalue weighted by Crippen LogP contribution is 2.13. The largest absolute Gasteiger partial charge is 0.310 e. The van der Waals surface area contributed by atoms with Crippen molar-refractivity contribution in [1.29, 1.82) is 0 Å². The number of sulfone groups is 1. The zero-order chi connectivity index (χ0) is 12.0. The SMILES string of the molecule is CCCCCC(C)NC1CCCS(=O)(=O)C1. The van der Waals surface area contributed by atoms with Crippen molar-refractivity contribution >= 4 is 9.84 Å². The van der Waals surface area contributed by atoms with Crippen molar-refractivity contribution in [3.63, 3.8) is 0 Å². The molecule has 0 bridgehead atoms. The van der Waals surface area contributed by atoms with E-state index in [9.17, 15) is 8.42 Å². The van der Waals surface area contributed by atoms with E-state index >= 15 is 0 Å². The summed E-state index contributed by atoms with van der Waals surface area (Å²) < 4.78 is 22.9. The van der Waals surface area contributed by atoms with Gasteiger partial charge in [-0.15, -0.1) is 0 Å². The van der Waals surface area contributed by atoms with Gasteiger partial charge < -0.3 is 5.32 Å². The van der Waals surface area contributed by atoms with Crippen LogP contribution in [0.5, 0.6) is 0 Å². The van der Waals surface area contributed by atoms with E-state index in [0.29, 0.717) is 17.5 Å². The summed E-state index contributed by atoms with van der Waals surface area (Å²) in [6.45, 7) is 4.36. The van der Waals surface area contributed by atoms with Crippen molar-refractivity contribution in [3.05, 3.63) is 0 Å². The van der Waals surface area contributed by atoms with E-state index in [4.69, 9.17) is 0 Å². The predicted molar refractivity (Wildman–Crippen MR) is 68.4 cm³/mol. The molecule has 96 valence electrons. The maximum atomic E-state index is 11.5. The smallest absolute Gasteiger partial charge is 0.151 e. The Balaban J connectivity index is 2.25. The summed E-state index contributed by atoms with van der Waals surface area (Å²) in [6, 6.07) is 0.639. The van der Waals surface area contributed by atoms with Crippen LogP contribution in [0.3, 0.4) is 0 Å². The Labute approximate surface area is 99.9 Å². The quantitative estimate of drug-likeness (QED) is 0.731. The van der Waals surface area contributed by atoms with Crippen LogP contribution >= 0.6 is 0 Å². The minimum absolute atomic E-state index is 0.190. The molecular formula is C12H25NO2S. The molecule has 1 rings (SSSR count). The average molecular weight is 247 g/mol. The number of nitrogens with one attached hydrogen (secondary N) is 1. The Hall–Kier alpha value is -0.0900. The Morgan fingerprint density at radius 1 is 1.38 bits per heavy atom. The standard InChI is InChI=1S/C12H25NO2S/c1-3-4-5-7-11(2)13-12-8-6-9-16(14,15)10-12/h11-13H,3-10H2,1-2H3. The third-order valence-electron chi connectivity index (χ3n) is 3.22. The zero-order valence-corrected chi connectivity index (χ0v) is 11.4. The van der Waals surface area contributed by atoms with Gasteiger partial charge in [0.15, 0.2) is 9.84 Å². The fourth-order valence-electron chi connectivity index (χ4n) is 2.34. The Kier molecular flexibility index (Phi) is 5.76. The normalized spacial score (nSPS) is 26.5. The molecule has 1 N–H and O–H groups in total. The Morgan fingerprint density at radius 3 is 2.75 bits per heavy atom. The summed E-state index contributed by atoms with van der Waals surface area (Å²) >= 11 is 0. The van der Waals surface area contributed by atoms with Crippen molar-refractivity contribution in [2.24, 2.45) is 0 Å². The highest BCUT2D eigenvalue weighted by atomic mass is 32.2. The van der Waals surface area contributed by atoms with Gasteiger partial charge in [-0.1, -0.05) is 26.2 Å². The molecule has 1 heterocycles. The molecule has 2 unspecified atom stereocenters. The van der Waals surface area contributed by atoms with Gasteiger partial charge in [0.25, 0.3) is 0 Å². The van der Waals surface area contributed by atoms with Crippen LogP contribution in [0.4, 0.5) is 0 Å². The minimum Gasteiger partial charge on any atom is -0.310 e. The fraction of sp³-hybridized carbons (Fsp3) is 1.00. The van der Waals surface area contributed by atoms with Gasteiger partial charge in [-0.2, -0.15) is 0 Å². The molecule has 0 amide bonds. The van der Waals surface area contributed by atoms with Crippen LogP contribution < -0.4 is 5.32 Å². The molecule has 0 aliphatic carbocycles. The van der Waals surface area contributed by atoms with Gasteiger partial charge in [-0.3, -0.25) is 0 Å². The Bertz CT molecular complexity index is 287. The molecule has 3 nitrogen and oxygen atoms in total. The van der Waals surface area contributed by atoms with Crippen LogP contribution in [-0.2, 0) is 9.84 Å². The third-order valence-corrected chi connectivity index (χ3v) is 5.04. The molecule has 0 saturated carbocycles. The van der Waals surface area contributed by atoms with Crippen LogP contribution in [-0.4, -0.2) is 32.0 Å². The van der Waals surface area contributed by atoms with E-state index in [1.165, 1.54) is 19.3 Å². The van der Waals surface area contributed by atoms with E-state index in [-0.39, 0.29) is 6.04 Å². The molecule has 4 heteroatoms. The molecule has 1 aliphatic rings. The molecule has 0 radical (unpaired) electrons. The van der Waals surface area contributed by atoms with Crippen molar-refractivity contribution in [2.45, 2.75) is 64.5 Å². The molecule has 1 aliphatic heterocycles. The van der Waals surface area contributed by atoms with E-state index < -0.39 is 9.84 Å². The van der Waals surface area contributed by atoms with Crippen LogP contribution in [0.25, 0.3) is 0 Å². The number of rotatable bonds is 6. The second kappa shape index (κ2) is 6.60. The van der Waals surface area contributed by atoms with Crippen molar-refractivity contribution in [1.82, 2.24) is 5.32 Å². The molecule has 0 aromatic heterocycles. The van der Waals surface area contributed by atoms with Gasteiger partial charge in [0.05, 0.1) is 11.5 Å². The average Bonchev–Trinajstić information content (AvgIpc) is 2.16. The first-order valence-corrected chi connectivity index (χ1v) is 8.32. The topological polar surface area (TPSA) is 46.2 Å². The fourth-order valence-corrected chi connectivity index (χ4v) is 3.99. The molecule has 0 spiro atoms. The molecule has 16 heavy (non-hydrogen) atoms. The number of hydrogen-bond donors (Lipinski definition) is 1. The maximum absolute atomic E-state index is 11.5. The lowest BCUT2D eigenvalue weighted by Gasteiger charge is -2.26. The highest BCUT2D eigenvalue weighted by Gasteiger charge is 2.25. The molecule has 1 saturated heterocycles. The summed E-state index contributed by atoms with van der Waals surface area (Å²) in [4.78, 5) is 0. The molecular weight excluding hydrogens is 222 g/mol. The van der Waals surface area contributed by atoms with Crippen molar-refractivity contribution in [3.8, 4) is 0 Å². The van der Waals surface area contributed by atoms with Gasteiger partial charge in [0, 0.05) is 12.1 Å². The molecule has 1 fully saturated rings. The lowest BCUT2D eigenvalue weighted by atomic mass is 10.1. The van der Waals surface area contributed by atoms with Gasteiger partial charge in [-0.25, -0.2) is 8.42 Å². The van der Waals surface area contributed by atoms with Crippen LogP contribution in [0.1, 0.15) is 52.4 Å². The van der Waals surface area contributed by atoms with Crippen LogP contribution in [0, 0.1) is 0 Å². The predicted octanol–water partition coefficient (Wildman–Crippen LogP) is 2.12. The monoisotopic (exact) mass is 247 g/mol. The van der Waals surface area contributed by atoms with E-state index in [0.717, 1.165) is 19.3 Å². The molecule has 0 aromatic rings. The van der Waals surface area contributed by atoms with Gasteiger partial charge in [0.1, 0.15) is 0 Å². The summed E-state index contributed by atoms with van der Waals surface area (Å²) in [6.07, 6.45) is 6.74. The third kappa shape index (κ3) is 5.30. The second-order valence-electron chi connectivity index (χ2n) is 5.02. The minimum atomic E-state index is -2.77. The highest BCUT2D eigenvalue weighted by molar-refractivity contribution is 7.91. The number of unbranched alkanes of at least 4 members (excludes halogenated alkanes) is 2. The summed E-state index contributed by atoms with van der Waals surface area (Å²) in [5.41, 5.74) is 0. The first-order chi connectivity index (χ1) is 7.53. The summed E-state index contributed by atoms with van der Waals surface area (Å²) in [5, 5.41) is 3.45. The number of hydrogen-bond acceptors (Lipinski definition) is 3. The molecule has 2 atom stereocenters. The zero-order valence-electron chi connectivity index (χ0n) is 10.5. The van der Waals surface area contributed by atoms with Crippen LogP contribution in [0.15, 0.2) is 0 Å². The van der Waals surface area contributed by atoms with E-state index in [2.05, 4.69) is 19.2 Å². The summed E-state index contributed by atoms with van der Waals surface area (Å²) in [7, 11) is -2.77. The lowest BCUT2D eigenvalue weighted by Crippen LogP contribution is -2.44. The van der Waals surface area contributed by atoms with Gasteiger partial charge in [0.2, 0.25) is 0 Å².